The van der Waals surface area contributed by atoms with Crippen molar-refractivity contribution in [1.82, 2.24) is 0 Å². The molecule has 0 fully saturated rings. The van der Waals surface area contributed by atoms with Crippen LogP contribution in [0, 0.1) is 5.92 Å². The van der Waals surface area contributed by atoms with Gasteiger partial charge < -0.3 is 15.2 Å². The van der Waals surface area contributed by atoms with Gasteiger partial charge in [0, 0.05) is 12.6 Å². The molecule has 0 spiro atoms. The van der Waals surface area contributed by atoms with Crippen LogP contribution in [0.5, 0.6) is 5.75 Å². The topological polar surface area (TPSA) is 44.5 Å². The zero-order chi connectivity index (χ0) is 15.0. The second kappa shape index (κ2) is 8.98. The molecule has 0 saturated heterocycles. The monoisotopic (exact) mass is 279 g/mol. The number of hydrogen-bond acceptors (Lipinski definition) is 3. The van der Waals surface area contributed by atoms with E-state index >= 15 is 0 Å². The third-order valence-electron chi connectivity index (χ3n) is 3.53. The van der Waals surface area contributed by atoms with E-state index < -0.39 is 0 Å². The summed E-state index contributed by atoms with van der Waals surface area (Å²) in [5, 5.41) is 0. The highest BCUT2D eigenvalue weighted by molar-refractivity contribution is 5.29. The Balaban J connectivity index is 2.63. The summed E-state index contributed by atoms with van der Waals surface area (Å²) in [4.78, 5) is 0. The first-order chi connectivity index (χ1) is 9.58. The molecule has 0 aromatic heterocycles. The maximum Gasteiger partial charge on any atom is 0.118 e. The van der Waals surface area contributed by atoms with E-state index in [1.807, 2.05) is 24.3 Å². The minimum Gasteiger partial charge on any atom is -0.497 e. The van der Waals surface area contributed by atoms with Crippen molar-refractivity contribution in [1.29, 1.82) is 0 Å². The number of hydrogen-bond donors (Lipinski definition) is 1. The molecule has 114 valence electrons. The molecule has 0 amide bonds. The second-order valence-corrected chi connectivity index (χ2v) is 5.67. The number of nitrogens with two attached hydrogens (primary N) is 1. The highest BCUT2D eigenvalue weighted by Crippen LogP contribution is 2.24. The SMILES string of the molecule is CCC(N)C(OCCCC(C)C)c1ccc(OC)cc1. The quantitative estimate of drug-likeness (QED) is 0.697. The maximum absolute atomic E-state index is 6.21. The third-order valence-corrected chi connectivity index (χ3v) is 3.53. The predicted molar refractivity (Wildman–Crippen MR) is 84.0 cm³/mol. The molecule has 0 aliphatic carbocycles. The van der Waals surface area contributed by atoms with E-state index in [-0.39, 0.29) is 12.1 Å². The lowest BCUT2D eigenvalue weighted by Gasteiger charge is -2.24. The second-order valence-electron chi connectivity index (χ2n) is 5.67. The number of benzene rings is 1. The van der Waals surface area contributed by atoms with Crippen molar-refractivity contribution in [2.45, 2.75) is 52.2 Å². The molecule has 1 aromatic carbocycles. The smallest absolute Gasteiger partial charge is 0.118 e. The van der Waals surface area contributed by atoms with Gasteiger partial charge in [0.05, 0.1) is 13.2 Å². The van der Waals surface area contributed by atoms with Gasteiger partial charge in [-0.15, -0.1) is 0 Å². The summed E-state index contributed by atoms with van der Waals surface area (Å²) in [6.45, 7) is 7.33. The molecular weight excluding hydrogens is 250 g/mol. The van der Waals surface area contributed by atoms with Crippen LogP contribution in [0.1, 0.15) is 51.7 Å². The van der Waals surface area contributed by atoms with Gasteiger partial charge in [-0.05, 0) is 42.9 Å². The Hall–Kier alpha value is -1.06. The molecule has 0 aliphatic rings. The molecule has 3 nitrogen and oxygen atoms in total. The lowest BCUT2D eigenvalue weighted by Crippen LogP contribution is -2.29. The fraction of sp³-hybridized carbons (Fsp3) is 0.647. The molecule has 1 aromatic rings. The molecule has 2 N–H and O–H groups in total. The molecule has 0 heterocycles. The van der Waals surface area contributed by atoms with Crippen LogP contribution in [0.3, 0.4) is 0 Å². The van der Waals surface area contributed by atoms with Crippen LogP contribution >= 0.6 is 0 Å². The first kappa shape index (κ1) is 17.0. The van der Waals surface area contributed by atoms with Gasteiger partial charge in [-0.1, -0.05) is 32.9 Å². The van der Waals surface area contributed by atoms with E-state index in [1.165, 1.54) is 6.42 Å². The first-order valence-corrected chi connectivity index (χ1v) is 7.59. The van der Waals surface area contributed by atoms with E-state index in [2.05, 4.69) is 20.8 Å². The number of rotatable bonds is 9. The van der Waals surface area contributed by atoms with Gasteiger partial charge >= 0.3 is 0 Å². The van der Waals surface area contributed by atoms with Crippen molar-refractivity contribution < 1.29 is 9.47 Å². The zero-order valence-electron chi connectivity index (χ0n) is 13.3. The lowest BCUT2D eigenvalue weighted by molar-refractivity contribution is 0.0301. The summed E-state index contributed by atoms with van der Waals surface area (Å²) in [5.74, 6) is 1.58. The Morgan fingerprint density at radius 3 is 2.30 bits per heavy atom. The molecule has 0 saturated carbocycles. The van der Waals surface area contributed by atoms with Crippen molar-refractivity contribution >= 4 is 0 Å². The zero-order valence-corrected chi connectivity index (χ0v) is 13.3. The van der Waals surface area contributed by atoms with Crippen LogP contribution in [0.25, 0.3) is 0 Å². The van der Waals surface area contributed by atoms with Crippen molar-refractivity contribution in [3.8, 4) is 5.75 Å². The Labute approximate surface area is 123 Å². The maximum atomic E-state index is 6.21. The van der Waals surface area contributed by atoms with Crippen LogP contribution in [0.2, 0.25) is 0 Å². The molecule has 3 heteroatoms. The Bertz CT molecular complexity index is 362. The van der Waals surface area contributed by atoms with E-state index in [9.17, 15) is 0 Å². The minimum atomic E-state index is -0.0296. The fourth-order valence-electron chi connectivity index (χ4n) is 2.18. The summed E-state index contributed by atoms with van der Waals surface area (Å²) < 4.78 is 11.2. The Morgan fingerprint density at radius 1 is 1.15 bits per heavy atom. The van der Waals surface area contributed by atoms with E-state index in [0.29, 0.717) is 0 Å². The van der Waals surface area contributed by atoms with Gasteiger partial charge in [-0.2, -0.15) is 0 Å². The van der Waals surface area contributed by atoms with E-state index in [1.54, 1.807) is 7.11 Å². The lowest BCUT2D eigenvalue weighted by atomic mass is 10.0. The van der Waals surface area contributed by atoms with Crippen LogP contribution in [0.15, 0.2) is 24.3 Å². The minimum absolute atomic E-state index is 0.0296. The van der Waals surface area contributed by atoms with Gasteiger partial charge in [-0.25, -0.2) is 0 Å². The predicted octanol–water partition coefficient (Wildman–Crippen LogP) is 3.93. The Morgan fingerprint density at radius 2 is 1.80 bits per heavy atom. The summed E-state index contributed by atoms with van der Waals surface area (Å²) in [6.07, 6.45) is 3.15. The average molecular weight is 279 g/mol. The van der Waals surface area contributed by atoms with Gasteiger partial charge in [-0.3, -0.25) is 0 Å². The average Bonchev–Trinajstić information content (AvgIpc) is 2.46. The van der Waals surface area contributed by atoms with Crippen molar-refractivity contribution in [3.05, 3.63) is 29.8 Å². The van der Waals surface area contributed by atoms with Crippen LogP contribution in [-0.4, -0.2) is 19.8 Å². The van der Waals surface area contributed by atoms with E-state index in [0.717, 1.165) is 36.7 Å². The van der Waals surface area contributed by atoms with Gasteiger partial charge in [0.25, 0.3) is 0 Å². The standard InChI is InChI=1S/C17H29NO2/c1-5-16(18)17(20-12-6-7-13(2)3)14-8-10-15(19-4)11-9-14/h8-11,13,16-17H,5-7,12,18H2,1-4H3. The van der Waals surface area contributed by atoms with Gasteiger partial charge in [0.15, 0.2) is 0 Å². The highest BCUT2D eigenvalue weighted by Gasteiger charge is 2.19. The van der Waals surface area contributed by atoms with E-state index in [4.69, 9.17) is 15.2 Å². The van der Waals surface area contributed by atoms with Crippen molar-refractivity contribution in [3.63, 3.8) is 0 Å². The first-order valence-electron chi connectivity index (χ1n) is 7.59. The summed E-state index contributed by atoms with van der Waals surface area (Å²) >= 11 is 0. The third kappa shape index (κ3) is 5.51. The number of methoxy groups -OCH3 is 1. The molecular formula is C17H29NO2. The summed E-state index contributed by atoms with van der Waals surface area (Å²) in [5.41, 5.74) is 7.33. The molecule has 2 atom stereocenters. The van der Waals surface area contributed by atoms with Gasteiger partial charge in [0.1, 0.15) is 5.75 Å². The molecule has 0 radical (unpaired) electrons. The largest absolute Gasteiger partial charge is 0.497 e. The normalized spacial score (nSPS) is 14.3. The highest BCUT2D eigenvalue weighted by atomic mass is 16.5. The van der Waals surface area contributed by atoms with Crippen molar-refractivity contribution in [2.75, 3.05) is 13.7 Å². The molecule has 1 rings (SSSR count). The summed E-state index contributed by atoms with van der Waals surface area (Å²) in [7, 11) is 1.67. The van der Waals surface area contributed by atoms with Crippen molar-refractivity contribution in [2.24, 2.45) is 11.7 Å². The van der Waals surface area contributed by atoms with Crippen LogP contribution in [0.4, 0.5) is 0 Å². The summed E-state index contributed by atoms with van der Waals surface area (Å²) in [6, 6.07) is 8.04. The van der Waals surface area contributed by atoms with Crippen LogP contribution < -0.4 is 10.5 Å². The molecule has 2 unspecified atom stereocenters. The molecule has 0 bridgehead atoms. The molecule has 20 heavy (non-hydrogen) atoms. The number of ether oxygens (including phenoxy) is 2. The molecule has 0 aliphatic heterocycles. The Kier molecular flexibility index (Phi) is 7.63. The fourth-order valence-corrected chi connectivity index (χ4v) is 2.18. The van der Waals surface area contributed by atoms with Crippen LogP contribution in [-0.2, 0) is 4.74 Å². The van der Waals surface area contributed by atoms with Gasteiger partial charge in [0.2, 0.25) is 0 Å².